The lowest BCUT2D eigenvalue weighted by Crippen LogP contribution is -2.89. The Kier molecular flexibility index (Phi) is 3.11. The lowest BCUT2D eigenvalue weighted by Gasteiger charge is -2.05. The molecule has 0 saturated carbocycles. The number of carbonyl (C=O) groups excluding carboxylic acids is 1. The summed E-state index contributed by atoms with van der Waals surface area (Å²) in [5, 5.41) is 4.88. The molecule has 1 aliphatic rings. The quantitative estimate of drug-likeness (QED) is 0.505. The van der Waals surface area contributed by atoms with Gasteiger partial charge in [-0.05, 0) is 0 Å². The molecule has 0 aromatic carbocycles. The van der Waals surface area contributed by atoms with E-state index in [1.807, 2.05) is 0 Å². The van der Waals surface area contributed by atoms with Gasteiger partial charge in [-0.3, -0.25) is 4.79 Å². The minimum Gasteiger partial charge on any atom is -0.347 e. The van der Waals surface area contributed by atoms with Gasteiger partial charge in [0, 0.05) is 19.4 Å². The van der Waals surface area contributed by atoms with Crippen molar-refractivity contribution in [2.24, 2.45) is 0 Å². The Labute approximate surface area is 66.9 Å². The summed E-state index contributed by atoms with van der Waals surface area (Å²) in [6.45, 7) is 5.21. The van der Waals surface area contributed by atoms with Gasteiger partial charge >= 0.3 is 0 Å². The average Bonchev–Trinajstić information content (AvgIpc) is 2.52. The van der Waals surface area contributed by atoms with Gasteiger partial charge in [-0.2, -0.15) is 0 Å². The topological polar surface area (TPSA) is 45.7 Å². The number of nitrogens with two attached hydrogens (primary N) is 1. The molecule has 1 aliphatic heterocycles. The van der Waals surface area contributed by atoms with Crippen LogP contribution in [-0.4, -0.2) is 25.0 Å². The van der Waals surface area contributed by atoms with E-state index in [0.717, 1.165) is 19.4 Å². The Hall–Kier alpha value is -0.830. The van der Waals surface area contributed by atoms with Crippen LogP contribution in [0.4, 0.5) is 0 Å². The smallest absolute Gasteiger partial charge is 0.278 e. The number of hydrogen-bond acceptors (Lipinski definition) is 1. The van der Waals surface area contributed by atoms with Gasteiger partial charge < -0.3 is 10.6 Å². The van der Waals surface area contributed by atoms with Crippen LogP contribution in [0.3, 0.4) is 0 Å². The second-order valence-electron chi connectivity index (χ2n) is 2.81. The van der Waals surface area contributed by atoms with E-state index in [-0.39, 0.29) is 11.9 Å². The van der Waals surface area contributed by atoms with Gasteiger partial charge in [-0.1, -0.05) is 6.08 Å². The SMILES string of the molecule is C=CCNC(=O)C1CCC[NH2+]1. The van der Waals surface area contributed by atoms with Crippen LogP contribution in [0.15, 0.2) is 12.7 Å². The van der Waals surface area contributed by atoms with Crippen LogP contribution in [0.2, 0.25) is 0 Å². The molecule has 0 aromatic rings. The first-order valence-electron chi connectivity index (χ1n) is 4.06. The molecular formula is C8H15N2O+. The molecular weight excluding hydrogens is 140 g/mol. The molecule has 62 valence electrons. The molecule has 1 saturated heterocycles. The van der Waals surface area contributed by atoms with Gasteiger partial charge in [0.2, 0.25) is 0 Å². The third-order valence-corrected chi connectivity index (χ3v) is 1.93. The molecule has 0 aromatic heterocycles. The normalized spacial score (nSPS) is 23.1. The summed E-state index contributed by atoms with van der Waals surface area (Å²) in [4.78, 5) is 11.2. The highest BCUT2D eigenvalue weighted by Gasteiger charge is 2.25. The van der Waals surface area contributed by atoms with E-state index in [2.05, 4.69) is 17.2 Å². The largest absolute Gasteiger partial charge is 0.347 e. The van der Waals surface area contributed by atoms with E-state index in [1.165, 1.54) is 0 Å². The number of nitrogens with one attached hydrogen (secondary N) is 1. The van der Waals surface area contributed by atoms with E-state index >= 15 is 0 Å². The Morgan fingerprint density at radius 1 is 1.82 bits per heavy atom. The predicted octanol–water partition coefficient (Wildman–Crippen LogP) is -0.986. The lowest BCUT2D eigenvalue weighted by atomic mass is 10.2. The van der Waals surface area contributed by atoms with Gasteiger partial charge in [0.25, 0.3) is 5.91 Å². The fraction of sp³-hybridized carbons (Fsp3) is 0.625. The maximum atomic E-state index is 11.2. The van der Waals surface area contributed by atoms with Crippen molar-refractivity contribution in [3.05, 3.63) is 12.7 Å². The summed E-state index contributed by atoms with van der Waals surface area (Å²) in [5.74, 6) is 0.155. The highest BCUT2D eigenvalue weighted by molar-refractivity contribution is 5.80. The van der Waals surface area contributed by atoms with Crippen LogP contribution < -0.4 is 10.6 Å². The van der Waals surface area contributed by atoms with Crippen molar-refractivity contribution in [2.45, 2.75) is 18.9 Å². The number of hydrogen-bond donors (Lipinski definition) is 2. The van der Waals surface area contributed by atoms with E-state index in [0.29, 0.717) is 6.54 Å². The van der Waals surface area contributed by atoms with Crippen molar-refractivity contribution in [1.82, 2.24) is 5.32 Å². The molecule has 0 aliphatic carbocycles. The first kappa shape index (κ1) is 8.27. The molecule has 3 N–H and O–H groups in total. The highest BCUT2D eigenvalue weighted by Crippen LogP contribution is 1.96. The van der Waals surface area contributed by atoms with Crippen molar-refractivity contribution in [3.63, 3.8) is 0 Å². The maximum absolute atomic E-state index is 11.2. The fourth-order valence-electron chi connectivity index (χ4n) is 1.32. The van der Waals surface area contributed by atoms with Crippen LogP contribution in [0.25, 0.3) is 0 Å². The zero-order chi connectivity index (χ0) is 8.10. The minimum atomic E-state index is 0.155. The van der Waals surface area contributed by atoms with E-state index in [1.54, 1.807) is 6.08 Å². The summed E-state index contributed by atoms with van der Waals surface area (Å²) in [6, 6.07) is 0.162. The van der Waals surface area contributed by atoms with Crippen molar-refractivity contribution in [1.29, 1.82) is 0 Å². The standard InChI is InChI=1S/C8H14N2O/c1-2-5-10-8(11)7-4-3-6-9-7/h2,7,9H,1,3-6H2,(H,10,11)/p+1. The van der Waals surface area contributed by atoms with Gasteiger partial charge in [-0.15, -0.1) is 6.58 Å². The zero-order valence-corrected chi connectivity index (χ0v) is 6.68. The number of amides is 1. The molecule has 11 heavy (non-hydrogen) atoms. The van der Waals surface area contributed by atoms with Crippen LogP contribution in [0, 0.1) is 0 Å². The van der Waals surface area contributed by atoms with Gasteiger partial charge in [-0.25, -0.2) is 0 Å². The molecule has 0 radical (unpaired) electrons. The summed E-state index contributed by atoms with van der Waals surface area (Å²) in [5.41, 5.74) is 0. The third-order valence-electron chi connectivity index (χ3n) is 1.93. The van der Waals surface area contributed by atoms with E-state index in [9.17, 15) is 4.79 Å². The highest BCUT2D eigenvalue weighted by atomic mass is 16.2. The predicted molar refractivity (Wildman–Crippen MR) is 43.0 cm³/mol. The fourth-order valence-corrected chi connectivity index (χ4v) is 1.32. The first-order valence-corrected chi connectivity index (χ1v) is 4.06. The molecule has 1 heterocycles. The van der Waals surface area contributed by atoms with Crippen LogP contribution in [-0.2, 0) is 4.79 Å². The first-order chi connectivity index (χ1) is 5.34. The summed E-state index contributed by atoms with van der Waals surface area (Å²) in [7, 11) is 0. The Bertz CT molecular complexity index is 150. The molecule has 0 bridgehead atoms. The lowest BCUT2D eigenvalue weighted by molar-refractivity contribution is -0.657. The van der Waals surface area contributed by atoms with Gasteiger partial charge in [0.15, 0.2) is 6.04 Å². The minimum absolute atomic E-state index is 0.155. The summed E-state index contributed by atoms with van der Waals surface area (Å²) >= 11 is 0. The molecule has 1 fully saturated rings. The Balaban J connectivity index is 2.22. The van der Waals surface area contributed by atoms with Gasteiger partial charge in [0.1, 0.15) is 0 Å². The van der Waals surface area contributed by atoms with Crippen LogP contribution in [0.5, 0.6) is 0 Å². The second-order valence-corrected chi connectivity index (χ2v) is 2.81. The van der Waals surface area contributed by atoms with Crippen molar-refractivity contribution < 1.29 is 10.1 Å². The molecule has 1 amide bonds. The average molecular weight is 155 g/mol. The van der Waals surface area contributed by atoms with Crippen molar-refractivity contribution in [2.75, 3.05) is 13.1 Å². The van der Waals surface area contributed by atoms with E-state index < -0.39 is 0 Å². The molecule has 0 spiro atoms. The summed E-state index contributed by atoms with van der Waals surface area (Å²) < 4.78 is 0. The van der Waals surface area contributed by atoms with Crippen molar-refractivity contribution in [3.8, 4) is 0 Å². The maximum Gasteiger partial charge on any atom is 0.278 e. The van der Waals surface area contributed by atoms with Crippen LogP contribution in [0.1, 0.15) is 12.8 Å². The molecule has 1 atom stereocenters. The number of rotatable bonds is 3. The monoisotopic (exact) mass is 155 g/mol. The molecule has 1 rings (SSSR count). The Morgan fingerprint density at radius 3 is 3.18 bits per heavy atom. The zero-order valence-electron chi connectivity index (χ0n) is 6.68. The van der Waals surface area contributed by atoms with Crippen LogP contribution >= 0.6 is 0 Å². The molecule has 1 unspecified atom stereocenters. The molecule has 3 nitrogen and oxygen atoms in total. The van der Waals surface area contributed by atoms with Gasteiger partial charge in [0.05, 0.1) is 6.54 Å². The number of quaternary nitrogens is 1. The van der Waals surface area contributed by atoms with E-state index in [4.69, 9.17) is 0 Å². The molecule has 3 heteroatoms. The Morgan fingerprint density at radius 2 is 2.64 bits per heavy atom. The number of carbonyl (C=O) groups is 1. The van der Waals surface area contributed by atoms with Crippen molar-refractivity contribution >= 4 is 5.91 Å². The second kappa shape index (κ2) is 4.13. The third kappa shape index (κ3) is 2.35. The summed E-state index contributed by atoms with van der Waals surface area (Å²) in [6.07, 6.45) is 3.88.